The quantitative estimate of drug-likeness (QED) is 0.112. The number of anilines is 2. The van der Waals surface area contributed by atoms with Crippen LogP contribution in [0.5, 0.6) is 0 Å². The maximum atomic E-state index is 13.5. The van der Waals surface area contributed by atoms with Gasteiger partial charge < -0.3 is 26.3 Å². The lowest BCUT2D eigenvalue weighted by Gasteiger charge is -2.23. The number of benzene rings is 3. The second-order valence-electron chi connectivity index (χ2n) is 10.1. The number of imidazole rings is 1. The molecule has 0 saturated carbocycles. The Morgan fingerprint density at radius 2 is 1.63 bits per heavy atom. The van der Waals surface area contributed by atoms with Crippen LogP contribution in [0.25, 0.3) is 11.0 Å². The van der Waals surface area contributed by atoms with Crippen LogP contribution in [0, 0.1) is 5.41 Å². The highest BCUT2D eigenvalue weighted by atomic mass is 16.2. The number of carbonyl (C=O) groups is 1. The van der Waals surface area contributed by atoms with Gasteiger partial charge in [-0.1, -0.05) is 36.4 Å². The number of aromatic nitrogens is 3. The first-order chi connectivity index (χ1) is 19.9. The maximum Gasteiger partial charge on any atom is 0.241 e. The van der Waals surface area contributed by atoms with Gasteiger partial charge in [-0.15, -0.1) is 0 Å². The molecule has 0 fully saturated rings. The molecule has 0 bridgehead atoms. The molecule has 0 atom stereocenters. The number of pyridine rings is 1. The van der Waals surface area contributed by atoms with Gasteiger partial charge in [0.25, 0.3) is 0 Å². The van der Waals surface area contributed by atoms with Crippen LogP contribution >= 0.6 is 0 Å². The Morgan fingerprint density at radius 1 is 0.927 bits per heavy atom. The molecule has 5 aromatic rings. The molecule has 0 aliphatic rings. The zero-order valence-electron chi connectivity index (χ0n) is 23.0. The zero-order valence-corrected chi connectivity index (χ0v) is 23.0. The van der Waals surface area contributed by atoms with E-state index >= 15 is 0 Å². The van der Waals surface area contributed by atoms with Gasteiger partial charge in [0.05, 0.1) is 24.1 Å². The number of rotatable bonds is 11. The summed E-state index contributed by atoms with van der Waals surface area (Å²) in [5.41, 5.74) is 18.6. The van der Waals surface area contributed by atoms with Crippen molar-refractivity contribution in [2.75, 3.05) is 17.2 Å². The molecule has 9 nitrogen and oxygen atoms in total. The van der Waals surface area contributed by atoms with Crippen molar-refractivity contribution in [1.29, 1.82) is 5.41 Å². The number of amidine groups is 1. The summed E-state index contributed by atoms with van der Waals surface area (Å²) in [5.74, 6) is 0.989. The number of hydrogen-bond donors (Lipinski definition) is 4. The Kier molecular flexibility index (Phi) is 8.36. The summed E-state index contributed by atoms with van der Waals surface area (Å²) in [6.07, 6.45) is 5.04. The minimum absolute atomic E-state index is 0.0400. The van der Waals surface area contributed by atoms with E-state index in [4.69, 9.17) is 21.9 Å². The minimum Gasteiger partial charge on any atom is -0.399 e. The lowest BCUT2D eigenvalue weighted by atomic mass is 10.1. The van der Waals surface area contributed by atoms with Gasteiger partial charge >= 0.3 is 0 Å². The molecule has 2 heterocycles. The number of hydrogen-bond acceptors (Lipinski definition) is 6. The van der Waals surface area contributed by atoms with Crippen molar-refractivity contribution in [3.63, 3.8) is 0 Å². The Balaban J connectivity index is 1.33. The number of fused-ring (bicyclic) bond motifs is 1. The number of nitrogens with two attached hydrogens (primary N) is 2. The van der Waals surface area contributed by atoms with Crippen LogP contribution in [0.3, 0.4) is 0 Å². The molecular formula is C32H34N8O. The molecule has 9 heteroatoms. The van der Waals surface area contributed by atoms with Gasteiger partial charge in [0, 0.05) is 49.3 Å². The van der Waals surface area contributed by atoms with Crippen molar-refractivity contribution in [3.8, 4) is 0 Å². The molecule has 6 N–H and O–H groups in total. The Morgan fingerprint density at radius 3 is 2.34 bits per heavy atom. The van der Waals surface area contributed by atoms with E-state index in [0.717, 1.165) is 57.6 Å². The fourth-order valence-electron chi connectivity index (χ4n) is 4.78. The largest absolute Gasteiger partial charge is 0.399 e. The van der Waals surface area contributed by atoms with E-state index in [2.05, 4.69) is 14.9 Å². The molecule has 1 amide bonds. The summed E-state index contributed by atoms with van der Waals surface area (Å²) < 4.78 is 2.10. The second-order valence-corrected chi connectivity index (χ2v) is 10.1. The molecule has 0 radical (unpaired) electrons. The Hall–Kier alpha value is -5.02. The summed E-state index contributed by atoms with van der Waals surface area (Å²) >= 11 is 0. The first-order valence-corrected chi connectivity index (χ1v) is 13.5. The van der Waals surface area contributed by atoms with Gasteiger partial charge in [-0.25, -0.2) is 4.98 Å². The number of nitrogen functional groups attached to an aromatic ring is 2. The first-order valence-electron chi connectivity index (χ1n) is 13.5. The number of aryl methyl sites for hydroxylation is 3. The van der Waals surface area contributed by atoms with Crippen LogP contribution in [-0.2, 0) is 37.8 Å². The van der Waals surface area contributed by atoms with Crippen molar-refractivity contribution in [3.05, 3.63) is 119 Å². The summed E-state index contributed by atoms with van der Waals surface area (Å²) in [7, 11) is 2.02. The zero-order chi connectivity index (χ0) is 28.8. The summed E-state index contributed by atoms with van der Waals surface area (Å²) in [4.78, 5) is 24.3. The van der Waals surface area contributed by atoms with Crippen molar-refractivity contribution in [1.82, 2.24) is 19.9 Å². The summed E-state index contributed by atoms with van der Waals surface area (Å²) in [6.45, 7) is 1.17. The predicted molar refractivity (Wildman–Crippen MR) is 164 cm³/mol. The fraction of sp³-hybridized carbons (Fsp3) is 0.188. The third-order valence-corrected chi connectivity index (χ3v) is 7.15. The van der Waals surface area contributed by atoms with Crippen LogP contribution in [-0.4, -0.2) is 32.8 Å². The van der Waals surface area contributed by atoms with Gasteiger partial charge in [-0.2, -0.15) is 0 Å². The first kappa shape index (κ1) is 27.5. The monoisotopic (exact) mass is 546 g/mol. The van der Waals surface area contributed by atoms with Crippen molar-refractivity contribution in [2.45, 2.75) is 25.9 Å². The maximum absolute atomic E-state index is 13.5. The Labute approximate surface area is 239 Å². The lowest BCUT2D eigenvalue weighted by Crippen LogP contribution is -2.37. The average molecular weight is 547 g/mol. The molecule has 0 aliphatic heterocycles. The molecule has 41 heavy (non-hydrogen) atoms. The standard InChI is InChI=1S/C32H34N8O/c1-39-29-12-11-27(18-28(29)38-30(39)13-6-22-2-7-25(8-3-22)32(34)35)40(21-24-14-16-36-17-15-24)31(41)20-37-19-23-4-9-26(33)10-5-23/h2-5,7-12,14-18,37H,6,13,19-21,33H2,1H3,(H3,34,35). The summed E-state index contributed by atoms with van der Waals surface area (Å²) in [5, 5.41) is 10.8. The van der Waals surface area contributed by atoms with Gasteiger partial charge in [0.2, 0.25) is 5.91 Å². The Bertz CT molecular complexity index is 1640. The molecule has 0 unspecified atom stereocenters. The van der Waals surface area contributed by atoms with Crippen LogP contribution < -0.4 is 21.7 Å². The molecular weight excluding hydrogens is 512 g/mol. The highest BCUT2D eigenvalue weighted by molar-refractivity contribution is 5.96. The van der Waals surface area contributed by atoms with Gasteiger partial charge in [0.1, 0.15) is 11.7 Å². The van der Waals surface area contributed by atoms with Crippen molar-refractivity contribution >= 4 is 34.2 Å². The normalized spacial score (nSPS) is 11.0. The van der Waals surface area contributed by atoms with E-state index in [9.17, 15) is 4.79 Å². The minimum atomic E-state index is -0.0400. The third-order valence-electron chi connectivity index (χ3n) is 7.15. The SMILES string of the molecule is Cn1c(CCc2ccc(C(=N)N)cc2)nc2cc(N(Cc3ccncc3)C(=O)CNCc3ccc(N)cc3)ccc21. The van der Waals surface area contributed by atoms with E-state index in [1.165, 1.54) is 0 Å². The molecule has 0 saturated heterocycles. The van der Waals surface area contributed by atoms with E-state index in [1.807, 2.05) is 85.9 Å². The number of nitrogens with zero attached hydrogens (tertiary/aromatic N) is 4. The van der Waals surface area contributed by atoms with Gasteiger partial charge in [-0.05, 0) is 65.6 Å². The smallest absolute Gasteiger partial charge is 0.241 e. The van der Waals surface area contributed by atoms with Gasteiger partial charge in [-0.3, -0.25) is 15.2 Å². The van der Waals surface area contributed by atoms with E-state index < -0.39 is 0 Å². The highest BCUT2D eigenvalue weighted by Gasteiger charge is 2.18. The third kappa shape index (κ3) is 6.77. The van der Waals surface area contributed by atoms with E-state index in [0.29, 0.717) is 18.8 Å². The fourth-order valence-corrected chi connectivity index (χ4v) is 4.78. The highest BCUT2D eigenvalue weighted by Crippen LogP contribution is 2.25. The van der Waals surface area contributed by atoms with Crippen LogP contribution in [0.2, 0.25) is 0 Å². The number of nitrogens with one attached hydrogen (secondary N) is 2. The molecule has 0 spiro atoms. The molecule has 0 aliphatic carbocycles. The molecule has 3 aromatic carbocycles. The lowest BCUT2D eigenvalue weighted by molar-refractivity contribution is -0.118. The summed E-state index contributed by atoms with van der Waals surface area (Å²) in [6, 6.07) is 25.2. The van der Waals surface area contributed by atoms with Crippen molar-refractivity contribution in [2.24, 2.45) is 12.8 Å². The van der Waals surface area contributed by atoms with E-state index in [-0.39, 0.29) is 18.3 Å². The second kappa shape index (κ2) is 12.4. The van der Waals surface area contributed by atoms with Gasteiger partial charge in [0.15, 0.2) is 0 Å². The molecule has 2 aromatic heterocycles. The molecule has 5 rings (SSSR count). The predicted octanol–water partition coefficient (Wildman–Crippen LogP) is 3.94. The number of amides is 1. The van der Waals surface area contributed by atoms with Crippen LogP contribution in [0.4, 0.5) is 11.4 Å². The van der Waals surface area contributed by atoms with Crippen molar-refractivity contribution < 1.29 is 4.79 Å². The topological polar surface area (TPSA) is 139 Å². The van der Waals surface area contributed by atoms with E-state index in [1.54, 1.807) is 17.3 Å². The van der Waals surface area contributed by atoms with Crippen LogP contribution in [0.1, 0.15) is 28.1 Å². The molecule has 208 valence electrons. The van der Waals surface area contributed by atoms with Crippen LogP contribution in [0.15, 0.2) is 91.3 Å². The number of carbonyl (C=O) groups excluding carboxylic acids is 1. The average Bonchev–Trinajstić information content (AvgIpc) is 3.30.